The first-order valence-electron chi connectivity index (χ1n) is 3.26. The van der Waals surface area contributed by atoms with Crippen LogP contribution in [0.5, 0.6) is 0 Å². The van der Waals surface area contributed by atoms with E-state index in [1.165, 1.54) is 5.57 Å². The topological polar surface area (TPSA) is 0 Å². The van der Waals surface area contributed by atoms with Crippen LogP contribution < -0.4 is 0 Å². The molecule has 0 bridgehead atoms. The summed E-state index contributed by atoms with van der Waals surface area (Å²) in [7, 11) is 0. The average molecular weight is 162 g/mol. The minimum absolute atomic E-state index is 0.292. The van der Waals surface area contributed by atoms with Gasteiger partial charge in [-0.05, 0) is 0 Å². The maximum absolute atomic E-state index is 3.08. The van der Waals surface area contributed by atoms with Gasteiger partial charge in [0.15, 0.2) is 0 Å². The van der Waals surface area contributed by atoms with Crippen molar-refractivity contribution in [3.8, 4) is 0 Å². The van der Waals surface area contributed by atoms with E-state index in [9.17, 15) is 0 Å². The number of hydrogen-bond donors (Lipinski definition) is 0. The van der Waals surface area contributed by atoms with E-state index in [0.717, 1.165) is 6.42 Å². The van der Waals surface area contributed by atoms with Gasteiger partial charge in [0.1, 0.15) is 0 Å². The molecule has 0 aliphatic carbocycles. The van der Waals surface area contributed by atoms with Crippen LogP contribution in [0.3, 0.4) is 0 Å². The predicted octanol–water partition coefficient (Wildman–Crippen LogP) is 2.32. The Bertz CT molecular complexity index is 133. The molecular formula is C8H14Cr. The zero-order valence-electron chi connectivity index (χ0n) is 6.62. The quantitative estimate of drug-likeness (QED) is 0.555. The summed E-state index contributed by atoms with van der Waals surface area (Å²) in [5.41, 5.74) is 1.66. The van der Waals surface area contributed by atoms with Crippen LogP contribution in [0.15, 0.2) is 5.57 Å². The molecule has 0 amide bonds. The van der Waals surface area contributed by atoms with Gasteiger partial charge in [-0.15, -0.1) is 0 Å². The van der Waals surface area contributed by atoms with Crippen LogP contribution in [0.25, 0.3) is 0 Å². The molecule has 0 aromatic rings. The first kappa shape index (κ1) is 9.18. The Balaban J connectivity index is 4.33. The van der Waals surface area contributed by atoms with Gasteiger partial charge in [0.2, 0.25) is 0 Å². The van der Waals surface area contributed by atoms with Gasteiger partial charge in [-0.2, -0.15) is 0 Å². The second kappa shape index (κ2) is 3.38. The van der Waals surface area contributed by atoms with E-state index in [4.69, 9.17) is 0 Å². The van der Waals surface area contributed by atoms with E-state index in [1.807, 2.05) is 0 Å². The van der Waals surface area contributed by atoms with E-state index in [1.54, 1.807) is 0 Å². The van der Waals surface area contributed by atoms with Gasteiger partial charge in [0.05, 0.1) is 0 Å². The number of allylic oxidation sites excluding steroid dienone is 1. The van der Waals surface area contributed by atoms with Crippen molar-refractivity contribution in [2.75, 3.05) is 0 Å². The molecule has 0 aliphatic heterocycles. The van der Waals surface area contributed by atoms with Gasteiger partial charge in [-0.1, -0.05) is 0 Å². The summed E-state index contributed by atoms with van der Waals surface area (Å²) < 4.78 is 3.08. The molecule has 0 unspecified atom stereocenters. The predicted molar refractivity (Wildman–Crippen MR) is 38.3 cm³/mol. The van der Waals surface area contributed by atoms with E-state index in [2.05, 4.69) is 48.1 Å². The molecule has 1 heteroatoms. The van der Waals surface area contributed by atoms with Crippen LogP contribution in [0.2, 0.25) is 0 Å². The summed E-state index contributed by atoms with van der Waals surface area (Å²) in [6, 6.07) is 0. The molecule has 0 saturated heterocycles. The van der Waals surface area contributed by atoms with Gasteiger partial charge >= 0.3 is 65.5 Å². The zero-order chi connectivity index (χ0) is 7.49. The van der Waals surface area contributed by atoms with Gasteiger partial charge < -0.3 is 0 Å². The first-order valence-corrected chi connectivity index (χ1v) is 3.90. The Morgan fingerprint density at radius 3 is 1.89 bits per heavy atom. The van der Waals surface area contributed by atoms with Crippen molar-refractivity contribution in [3.05, 3.63) is 5.57 Å². The van der Waals surface area contributed by atoms with Crippen molar-refractivity contribution in [1.29, 1.82) is 0 Å². The number of rotatable bonds is 1. The van der Waals surface area contributed by atoms with E-state index >= 15 is 0 Å². The third-order valence-corrected chi connectivity index (χ3v) is 1.77. The van der Waals surface area contributed by atoms with Crippen molar-refractivity contribution in [3.63, 3.8) is 0 Å². The summed E-state index contributed by atoms with van der Waals surface area (Å²) in [4.78, 5) is 0. The van der Waals surface area contributed by atoms with Crippen molar-refractivity contribution in [2.45, 2.75) is 34.1 Å². The Kier molecular flexibility index (Phi) is 3.44. The van der Waals surface area contributed by atoms with E-state index in [-0.39, 0.29) is 0 Å². The second-order valence-corrected chi connectivity index (χ2v) is 3.50. The van der Waals surface area contributed by atoms with E-state index in [0.29, 0.717) is 5.41 Å². The standard InChI is InChI=1S/C8H14.Cr/c1-6-7(2)8(3,4)5;/h6H2,1,3-5H3;. The molecule has 0 rings (SSSR count). The van der Waals surface area contributed by atoms with Gasteiger partial charge in [0.25, 0.3) is 0 Å². The molecule has 0 atom stereocenters. The Hall–Kier alpha value is 0.182. The minimum atomic E-state index is 0.292. The molecule has 0 nitrogen and oxygen atoms in total. The van der Waals surface area contributed by atoms with Crippen LogP contribution >= 0.6 is 0 Å². The molecule has 9 heavy (non-hydrogen) atoms. The normalized spacial score (nSPS) is 10.7. The van der Waals surface area contributed by atoms with Crippen LogP contribution in [-0.4, -0.2) is 4.54 Å². The number of hydrogen-bond acceptors (Lipinski definition) is 0. The van der Waals surface area contributed by atoms with Gasteiger partial charge in [0, 0.05) is 0 Å². The van der Waals surface area contributed by atoms with Crippen LogP contribution in [0.1, 0.15) is 34.1 Å². The monoisotopic (exact) mass is 162 g/mol. The molecule has 0 N–H and O–H groups in total. The third-order valence-electron chi connectivity index (χ3n) is 1.38. The second-order valence-electron chi connectivity index (χ2n) is 3.18. The Morgan fingerprint density at radius 2 is 1.89 bits per heavy atom. The summed E-state index contributed by atoms with van der Waals surface area (Å²) in [6.45, 7) is 8.77. The fourth-order valence-corrected chi connectivity index (χ4v) is 1.46. The molecule has 0 saturated carbocycles. The summed E-state index contributed by atoms with van der Waals surface area (Å²) in [5, 5.41) is 0. The van der Waals surface area contributed by atoms with Crippen molar-refractivity contribution in [2.24, 2.45) is 5.41 Å². The maximum atomic E-state index is 3.08. The Morgan fingerprint density at radius 1 is 1.44 bits per heavy atom. The van der Waals surface area contributed by atoms with Crippen LogP contribution in [0, 0.1) is 5.41 Å². The zero-order valence-corrected chi connectivity index (χ0v) is 7.89. The fraction of sp³-hybridized carbons (Fsp3) is 0.750. The van der Waals surface area contributed by atoms with Gasteiger partial charge in [-0.25, -0.2) is 0 Å². The molecule has 0 heterocycles. The van der Waals surface area contributed by atoms with E-state index < -0.39 is 0 Å². The van der Waals surface area contributed by atoms with Crippen molar-refractivity contribution in [1.82, 2.24) is 0 Å². The molecule has 52 valence electrons. The third kappa shape index (κ3) is 3.02. The fourth-order valence-electron chi connectivity index (χ4n) is 0.756. The molecule has 0 fully saturated rings. The summed E-state index contributed by atoms with van der Waals surface area (Å²) in [6.07, 6.45) is 1.09. The average Bonchev–Trinajstić information content (AvgIpc) is 1.65. The van der Waals surface area contributed by atoms with Crippen molar-refractivity contribution < 1.29 is 15.9 Å². The molecular weight excluding hydrogens is 148 g/mol. The molecule has 0 spiro atoms. The van der Waals surface area contributed by atoms with Crippen molar-refractivity contribution >= 4 is 4.54 Å². The molecule has 0 aromatic carbocycles. The van der Waals surface area contributed by atoms with Gasteiger partial charge in [-0.3, -0.25) is 0 Å². The summed E-state index contributed by atoms with van der Waals surface area (Å²) >= 11 is 2.81. The van der Waals surface area contributed by atoms with Crippen LogP contribution in [-0.2, 0) is 15.9 Å². The molecule has 0 radical (unpaired) electrons. The first-order chi connectivity index (χ1) is 4.02. The summed E-state index contributed by atoms with van der Waals surface area (Å²) in [5.74, 6) is 0. The SMILES string of the molecule is CCC(=[C]=[Cr])C(C)(C)C. The molecule has 0 aliphatic rings. The molecule has 0 aromatic heterocycles. The Labute approximate surface area is 65.9 Å². The van der Waals surface area contributed by atoms with Crippen LogP contribution in [0.4, 0.5) is 0 Å².